The van der Waals surface area contributed by atoms with Crippen molar-refractivity contribution in [2.24, 2.45) is 5.92 Å². The molecule has 6 heteroatoms. The number of carbonyl (C=O) groups excluding carboxylic acids is 1. The van der Waals surface area contributed by atoms with Crippen LogP contribution in [0.5, 0.6) is 0 Å². The maximum absolute atomic E-state index is 12.5. The van der Waals surface area contributed by atoms with Crippen LogP contribution in [0, 0.1) is 5.92 Å². The van der Waals surface area contributed by atoms with Gasteiger partial charge in [-0.25, -0.2) is 0 Å². The molecule has 2 heterocycles. The number of ether oxygens (including phenoxy) is 1. The van der Waals surface area contributed by atoms with Crippen LogP contribution in [0.3, 0.4) is 0 Å². The molecule has 0 aromatic heterocycles. The van der Waals surface area contributed by atoms with Crippen LogP contribution in [-0.2, 0) is 9.53 Å². The summed E-state index contributed by atoms with van der Waals surface area (Å²) in [5, 5.41) is 3.19. The van der Waals surface area contributed by atoms with Crippen LogP contribution in [0.1, 0.15) is 52.4 Å². The van der Waals surface area contributed by atoms with E-state index in [9.17, 15) is 4.79 Å². The molecule has 2 aliphatic heterocycles. The van der Waals surface area contributed by atoms with Gasteiger partial charge in [-0.1, -0.05) is 19.3 Å². The third-order valence-electron chi connectivity index (χ3n) is 6.87. The van der Waals surface area contributed by atoms with Crippen LogP contribution in [0.2, 0.25) is 0 Å². The fourth-order valence-corrected chi connectivity index (χ4v) is 4.95. The highest BCUT2D eigenvalue weighted by Gasteiger charge is 2.29. The van der Waals surface area contributed by atoms with Crippen molar-refractivity contribution in [3.63, 3.8) is 0 Å². The van der Waals surface area contributed by atoms with Crippen molar-refractivity contribution in [3.05, 3.63) is 0 Å². The standard InChI is InChI=1S/C22H42N4O2/c1-22(2,26-13-15-28-16-14-26)19-23-21(27)18-25-10-6-9-24(11-12-25)17-20-7-4-3-5-8-20/h20H,3-19H2,1-2H3,(H,23,27). The van der Waals surface area contributed by atoms with Crippen LogP contribution >= 0.6 is 0 Å². The largest absolute Gasteiger partial charge is 0.379 e. The molecule has 0 spiro atoms. The highest BCUT2D eigenvalue weighted by molar-refractivity contribution is 5.78. The average molecular weight is 395 g/mol. The fraction of sp³-hybridized carbons (Fsp3) is 0.955. The molecule has 0 radical (unpaired) electrons. The Balaban J connectivity index is 1.35. The average Bonchev–Trinajstić information content (AvgIpc) is 2.93. The van der Waals surface area contributed by atoms with Gasteiger partial charge >= 0.3 is 0 Å². The molecule has 0 bridgehead atoms. The smallest absolute Gasteiger partial charge is 0.234 e. The summed E-state index contributed by atoms with van der Waals surface area (Å²) in [6.45, 7) is 14.8. The molecule has 6 nitrogen and oxygen atoms in total. The summed E-state index contributed by atoms with van der Waals surface area (Å²) in [4.78, 5) is 20.0. The molecule has 0 aromatic rings. The molecule has 3 aliphatic rings. The van der Waals surface area contributed by atoms with Crippen LogP contribution < -0.4 is 5.32 Å². The summed E-state index contributed by atoms with van der Waals surface area (Å²) in [6.07, 6.45) is 8.29. The van der Waals surface area contributed by atoms with E-state index in [0.717, 1.165) is 51.9 Å². The Bertz CT molecular complexity index is 473. The van der Waals surface area contributed by atoms with Gasteiger partial charge < -0.3 is 15.0 Å². The number of nitrogens with zero attached hydrogens (tertiary/aromatic N) is 3. The highest BCUT2D eigenvalue weighted by atomic mass is 16.5. The maximum Gasteiger partial charge on any atom is 0.234 e. The van der Waals surface area contributed by atoms with E-state index in [1.807, 2.05) is 0 Å². The topological polar surface area (TPSA) is 48.1 Å². The van der Waals surface area contributed by atoms with E-state index in [2.05, 4.69) is 33.9 Å². The zero-order valence-electron chi connectivity index (χ0n) is 18.3. The summed E-state index contributed by atoms with van der Waals surface area (Å²) in [5.41, 5.74) is -0.0188. The lowest BCUT2D eigenvalue weighted by Crippen LogP contribution is -2.56. The second-order valence-electron chi connectivity index (χ2n) is 9.62. The van der Waals surface area contributed by atoms with E-state index in [4.69, 9.17) is 4.74 Å². The Hall–Kier alpha value is -0.690. The molecular weight excluding hydrogens is 352 g/mol. The number of amides is 1. The molecule has 0 unspecified atom stereocenters. The number of hydrogen-bond donors (Lipinski definition) is 1. The zero-order valence-corrected chi connectivity index (χ0v) is 18.3. The minimum absolute atomic E-state index is 0.0188. The van der Waals surface area contributed by atoms with Crippen LogP contribution in [0.25, 0.3) is 0 Å². The van der Waals surface area contributed by atoms with Gasteiger partial charge in [0.1, 0.15) is 0 Å². The molecule has 1 amide bonds. The van der Waals surface area contributed by atoms with Crippen molar-refractivity contribution in [2.75, 3.05) is 72.1 Å². The van der Waals surface area contributed by atoms with E-state index < -0.39 is 0 Å². The normalized spacial score (nSPS) is 24.8. The molecule has 28 heavy (non-hydrogen) atoms. The van der Waals surface area contributed by atoms with Crippen molar-refractivity contribution < 1.29 is 9.53 Å². The predicted molar refractivity (Wildman–Crippen MR) is 114 cm³/mol. The zero-order chi connectivity index (χ0) is 19.8. The molecule has 3 fully saturated rings. The second-order valence-corrected chi connectivity index (χ2v) is 9.62. The van der Waals surface area contributed by atoms with Gasteiger partial charge in [-0.15, -0.1) is 0 Å². The van der Waals surface area contributed by atoms with Crippen molar-refractivity contribution in [2.45, 2.75) is 57.9 Å². The molecule has 162 valence electrons. The summed E-state index contributed by atoms with van der Waals surface area (Å²) in [5.74, 6) is 1.08. The lowest BCUT2D eigenvalue weighted by Gasteiger charge is -2.41. The minimum Gasteiger partial charge on any atom is -0.379 e. The molecule has 2 saturated heterocycles. The molecular formula is C22H42N4O2. The van der Waals surface area contributed by atoms with Gasteiger partial charge in [-0.05, 0) is 52.1 Å². The summed E-state index contributed by atoms with van der Waals surface area (Å²) in [6, 6.07) is 0. The SMILES string of the molecule is CC(C)(CNC(=O)CN1CCCN(CC2CCCCC2)CC1)N1CCOCC1. The van der Waals surface area contributed by atoms with Gasteiger partial charge in [0, 0.05) is 44.8 Å². The lowest BCUT2D eigenvalue weighted by molar-refractivity contribution is -0.123. The van der Waals surface area contributed by atoms with Gasteiger partial charge in [0.15, 0.2) is 0 Å². The monoisotopic (exact) mass is 394 g/mol. The molecule has 1 saturated carbocycles. The molecule has 0 atom stereocenters. The molecule has 1 N–H and O–H groups in total. The predicted octanol–water partition coefficient (Wildman–Crippen LogP) is 1.80. The van der Waals surface area contributed by atoms with E-state index in [1.165, 1.54) is 51.6 Å². The van der Waals surface area contributed by atoms with E-state index >= 15 is 0 Å². The molecule has 1 aliphatic carbocycles. The number of rotatable bonds is 7. The van der Waals surface area contributed by atoms with Gasteiger partial charge in [0.2, 0.25) is 5.91 Å². The number of nitrogens with one attached hydrogen (secondary N) is 1. The van der Waals surface area contributed by atoms with Crippen molar-refractivity contribution in [3.8, 4) is 0 Å². The number of carbonyl (C=O) groups is 1. The first-order valence-corrected chi connectivity index (χ1v) is 11.6. The third-order valence-corrected chi connectivity index (χ3v) is 6.87. The first-order chi connectivity index (χ1) is 13.5. The lowest BCUT2D eigenvalue weighted by atomic mass is 9.89. The maximum atomic E-state index is 12.5. The highest BCUT2D eigenvalue weighted by Crippen LogP contribution is 2.24. The number of hydrogen-bond acceptors (Lipinski definition) is 5. The fourth-order valence-electron chi connectivity index (χ4n) is 4.95. The Morgan fingerprint density at radius 2 is 1.61 bits per heavy atom. The van der Waals surface area contributed by atoms with Gasteiger partial charge in [0.25, 0.3) is 0 Å². The van der Waals surface area contributed by atoms with Crippen LogP contribution in [0.15, 0.2) is 0 Å². The third kappa shape index (κ3) is 6.97. The van der Waals surface area contributed by atoms with Crippen LogP contribution in [0.4, 0.5) is 0 Å². The van der Waals surface area contributed by atoms with E-state index in [-0.39, 0.29) is 11.4 Å². The first kappa shape index (κ1) is 22.0. The van der Waals surface area contributed by atoms with Gasteiger partial charge in [0.05, 0.1) is 19.8 Å². The minimum atomic E-state index is -0.0188. The van der Waals surface area contributed by atoms with E-state index in [0.29, 0.717) is 13.1 Å². The van der Waals surface area contributed by atoms with E-state index in [1.54, 1.807) is 0 Å². The van der Waals surface area contributed by atoms with Crippen molar-refractivity contribution >= 4 is 5.91 Å². The quantitative estimate of drug-likeness (QED) is 0.714. The Kier molecular flexibility index (Phi) is 8.57. The summed E-state index contributed by atoms with van der Waals surface area (Å²) in [7, 11) is 0. The summed E-state index contributed by atoms with van der Waals surface area (Å²) >= 11 is 0. The molecule has 3 rings (SSSR count). The van der Waals surface area contributed by atoms with Gasteiger partial charge in [-0.2, -0.15) is 0 Å². The molecule has 0 aromatic carbocycles. The first-order valence-electron chi connectivity index (χ1n) is 11.6. The van der Waals surface area contributed by atoms with Crippen molar-refractivity contribution in [1.29, 1.82) is 0 Å². The van der Waals surface area contributed by atoms with Crippen LogP contribution in [-0.4, -0.2) is 98.3 Å². The van der Waals surface area contributed by atoms with Crippen molar-refractivity contribution in [1.82, 2.24) is 20.0 Å². The second kappa shape index (κ2) is 10.9. The van der Waals surface area contributed by atoms with Gasteiger partial charge in [-0.3, -0.25) is 14.6 Å². The Morgan fingerprint density at radius 1 is 0.929 bits per heavy atom. The number of morpholine rings is 1. The Morgan fingerprint density at radius 3 is 2.36 bits per heavy atom. The summed E-state index contributed by atoms with van der Waals surface area (Å²) < 4.78 is 5.45. The Labute approximate surface area is 171 Å².